The minimum atomic E-state index is 0.0583. The van der Waals surface area contributed by atoms with Crippen LogP contribution >= 0.6 is 12.6 Å². The van der Waals surface area contributed by atoms with E-state index >= 15 is 0 Å². The number of anilines is 1. The molecule has 0 spiro atoms. The van der Waals surface area contributed by atoms with E-state index in [9.17, 15) is 4.79 Å². The van der Waals surface area contributed by atoms with E-state index < -0.39 is 0 Å². The van der Waals surface area contributed by atoms with Crippen LogP contribution in [0.2, 0.25) is 0 Å². The Hall–Kier alpha value is -6.36. The number of rotatable bonds is 12. The summed E-state index contributed by atoms with van der Waals surface area (Å²) in [5.74, 6) is 0.0583. The van der Waals surface area contributed by atoms with Gasteiger partial charge in [0.25, 0.3) is 0 Å². The molecule has 0 saturated carbocycles. The quantitative estimate of drug-likeness (QED) is 0.0767. The largest absolute Gasteiger partial charge is 0.348 e. The molecule has 0 amide bonds. The average molecular weight is 891 g/mol. The normalized spacial score (nSPS) is 13.6. The van der Waals surface area contributed by atoms with Crippen molar-refractivity contribution in [2.45, 2.75) is 98.3 Å². The predicted molar refractivity (Wildman–Crippen MR) is 294 cm³/mol. The van der Waals surface area contributed by atoms with E-state index in [2.05, 4.69) is 195 Å². The second-order valence-corrected chi connectivity index (χ2v) is 16.3. The van der Waals surface area contributed by atoms with Crippen molar-refractivity contribution in [3.63, 3.8) is 0 Å². The van der Waals surface area contributed by atoms with Gasteiger partial charge in [-0.3, -0.25) is 4.79 Å². The van der Waals surface area contributed by atoms with Gasteiger partial charge in [0.2, 0.25) is 0 Å². The van der Waals surface area contributed by atoms with Gasteiger partial charge >= 0.3 is 0 Å². The van der Waals surface area contributed by atoms with Crippen molar-refractivity contribution in [2.24, 2.45) is 0 Å². The molecule has 4 aromatic carbocycles. The third-order valence-electron chi connectivity index (χ3n) is 11.6. The molecule has 4 heteroatoms. The highest BCUT2D eigenvalue weighted by Crippen LogP contribution is 2.36. The van der Waals surface area contributed by atoms with Gasteiger partial charge in [0.15, 0.2) is 5.78 Å². The third-order valence-corrected chi connectivity index (χ3v) is 12.0. The van der Waals surface area contributed by atoms with Gasteiger partial charge in [0.05, 0.1) is 5.69 Å². The van der Waals surface area contributed by atoms with Crippen LogP contribution in [0.3, 0.4) is 0 Å². The molecule has 8 rings (SSSR count). The molecule has 0 N–H and O–H groups in total. The van der Waals surface area contributed by atoms with E-state index in [0.717, 1.165) is 59.3 Å². The van der Waals surface area contributed by atoms with Crippen LogP contribution in [-0.2, 0) is 12.8 Å². The lowest BCUT2D eigenvalue weighted by molar-refractivity contribution is 0.0990. The Morgan fingerprint density at radius 1 is 0.742 bits per heavy atom. The highest BCUT2D eigenvalue weighted by atomic mass is 32.1. The number of unbranched alkanes of at least 4 members (excludes halogenated alkanes) is 1. The van der Waals surface area contributed by atoms with Crippen LogP contribution in [-0.4, -0.2) is 17.4 Å². The number of ketones is 1. The van der Waals surface area contributed by atoms with Gasteiger partial charge in [-0.1, -0.05) is 188 Å². The second kappa shape index (κ2) is 26.6. The SMILES string of the molecule is C/C=C\CCC.CC.CC.CC/C(=C/c1ccccc1)N(C)c1ccc(-c2ccc(C(=O)Cc3ccccc3C3=CC=C(n4c5c(c6c4CC=CC=C6)C=CCC=C5)C=CC3)c(S)c2)cc1. The van der Waals surface area contributed by atoms with Crippen LogP contribution in [0.5, 0.6) is 0 Å². The Morgan fingerprint density at radius 3 is 2.18 bits per heavy atom. The summed E-state index contributed by atoms with van der Waals surface area (Å²) in [5, 5.41) is 0. The molecule has 3 nitrogen and oxygen atoms in total. The smallest absolute Gasteiger partial charge is 0.168 e. The molecular weight excluding hydrogens is 821 g/mol. The lowest BCUT2D eigenvalue weighted by atomic mass is 9.92. The summed E-state index contributed by atoms with van der Waals surface area (Å²) in [6, 6.07) is 33.3. The predicted octanol–water partition coefficient (Wildman–Crippen LogP) is 17.6. The van der Waals surface area contributed by atoms with Crippen molar-refractivity contribution in [2.75, 3.05) is 11.9 Å². The summed E-state index contributed by atoms with van der Waals surface area (Å²) in [5.41, 5.74) is 15.8. The second-order valence-electron chi connectivity index (χ2n) is 15.8. The van der Waals surface area contributed by atoms with Crippen LogP contribution in [0, 0.1) is 0 Å². The van der Waals surface area contributed by atoms with Crippen molar-refractivity contribution in [1.82, 2.24) is 4.57 Å². The van der Waals surface area contributed by atoms with E-state index in [4.69, 9.17) is 12.6 Å². The van der Waals surface area contributed by atoms with E-state index in [1.807, 2.05) is 58.0 Å². The molecule has 0 fully saturated rings. The molecule has 5 aromatic rings. The van der Waals surface area contributed by atoms with Crippen LogP contribution in [0.25, 0.3) is 46.7 Å². The van der Waals surface area contributed by atoms with Crippen molar-refractivity contribution in [1.29, 1.82) is 0 Å². The van der Waals surface area contributed by atoms with E-state index in [0.29, 0.717) is 16.9 Å². The maximum absolute atomic E-state index is 13.9. The summed E-state index contributed by atoms with van der Waals surface area (Å²) in [6.07, 6.45) is 39.5. The van der Waals surface area contributed by atoms with Gasteiger partial charge < -0.3 is 9.47 Å². The van der Waals surface area contributed by atoms with E-state index in [-0.39, 0.29) is 5.78 Å². The summed E-state index contributed by atoms with van der Waals surface area (Å²) in [7, 11) is 2.11. The third kappa shape index (κ3) is 12.9. The molecule has 0 saturated heterocycles. The molecule has 0 aliphatic heterocycles. The van der Waals surface area contributed by atoms with Crippen LogP contribution in [0.4, 0.5) is 5.69 Å². The first-order chi connectivity index (χ1) is 32.4. The molecule has 1 aromatic heterocycles. The first kappa shape index (κ1) is 50.6. The molecule has 3 aliphatic rings. The number of fused-ring (bicyclic) bond motifs is 3. The molecule has 0 radical (unpaired) electrons. The first-order valence-electron chi connectivity index (χ1n) is 24.1. The molecule has 0 unspecified atom stereocenters. The highest BCUT2D eigenvalue weighted by Gasteiger charge is 2.22. The fraction of sp³-hybridized carbons (Fsp3) is 0.242. The summed E-state index contributed by atoms with van der Waals surface area (Å²) < 4.78 is 2.42. The van der Waals surface area contributed by atoms with Gasteiger partial charge in [0, 0.05) is 64.3 Å². The standard InChI is InChI=1S/C52H46N2OS.C6H12.2C2H6/c1-3-42(34-37-16-7-4-8-17-37)53(2)43-30-26-38(27-31-43)40-29-33-48(52(56)36-40)51(55)35-41-18-13-14-21-45(41)39-19-15-20-44(32-28-39)54-49-24-11-5-9-22-46(49)47-23-10-6-12-25-50(47)54;1-3-5-6-4-2;2*1-2/h4-5,7-18,20-23,25-34,36,56H,3,6,19,24,35H2,1-2H3;3,5H,4,6H2,1-2H3;2*1-2H3/b42-34-;5-3-;;. The van der Waals surface area contributed by atoms with E-state index in [1.165, 1.54) is 52.2 Å². The zero-order valence-electron chi connectivity index (χ0n) is 40.6. The summed E-state index contributed by atoms with van der Waals surface area (Å²) >= 11 is 4.84. The zero-order chi connectivity index (χ0) is 47.3. The van der Waals surface area contributed by atoms with Crippen molar-refractivity contribution < 1.29 is 4.79 Å². The van der Waals surface area contributed by atoms with Crippen LogP contribution < -0.4 is 4.90 Å². The van der Waals surface area contributed by atoms with E-state index in [1.54, 1.807) is 0 Å². The topological polar surface area (TPSA) is 25.2 Å². The fourth-order valence-electron chi connectivity index (χ4n) is 8.28. The highest BCUT2D eigenvalue weighted by molar-refractivity contribution is 7.80. The minimum Gasteiger partial charge on any atom is -0.348 e. The maximum atomic E-state index is 13.9. The number of nitrogens with zero attached hydrogens (tertiary/aromatic N) is 2. The zero-order valence-corrected chi connectivity index (χ0v) is 41.5. The number of aromatic nitrogens is 1. The van der Waals surface area contributed by atoms with Crippen LogP contribution in [0.1, 0.15) is 130 Å². The monoisotopic (exact) mass is 891 g/mol. The molecule has 340 valence electrons. The van der Waals surface area contributed by atoms with Crippen molar-refractivity contribution in [3.8, 4) is 11.1 Å². The Kier molecular flexibility index (Phi) is 20.4. The lowest BCUT2D eigenvalue weighted by Gasteiger charge is -2.22. The number of benzene rings is 4. The van der Waals surface area contributed by atoms with Crippen molar-refractivity contribution >= 4 is 59.7 Å². The minimum absolute atomic E-state index is 0.0583. The molecular formula is C62H70N2OS. The maximum Gasteiger partial charge on any atom is 0.168 e. The Bertz CT molecular complexity index is 2660. The van der Waals surface area contributed by atoms with Gasteiger partial charge in [-0.2, -0.15) is 0 Å². The molecule has 0 atom stereocenters. The number of hydrogen-bond acceptors (Lipinski definition) is 3. The number of carbonyl (C=O) groups excluding carboxylic acids is 1. The fourth-order valence-corrected chi connectivity index (χ4v) is 8.62. The summed E-state index contributed by atoms with van der Waals surface area (Å²) in [4.78, 5) is 16.9. The number of hydrogen-bond donors (Lipinski definition) is 1. The Morgan fingerprint density at radius 2 is 1.47 bits per heavy atom. The lowest BCUT2D eigenvalue weighted by Crippen LogP contribution is -2.15. The summed E-state index contributed by atoms with van der Waals surface area (Å²) in [6.45, 7) is 14.4. The number of carbonyl (C=O) groups is 1. The van der Waals surface area contributed by atoms with Gasteiger partial charge in [-0.25, -0.2) is 0 Å². The first-order valence-corrected chi connectivity index (χ1v) is 24.5. The Balaban J connectivity index is 0.000000748. The number of thiol groups is 1. The molecule has 1 heterocycles. The van der Waals surface area contributed by atoms with Crippen LogP contribution in [0.15, 0.2) is 174 Å². The molecule has 66 heavy (non-hydrogen) atoms. The van der Waals surface area contributed by atoms with Gasteiger partial charge in [-0.15, -0.1) is 12.6 Å². The number of Topliss-reactive ketones (excluding diaryl/α,β-unsaturated/α-hetero) is 1. The van der Waals surface area contributed by atoms with Crippen molar-refractivity contribution in [3.05, 3.63) is 214 Å². The Labute approximate surface area is 402 Å². The molecule has 0 bridgehead atoms. The number of allylic oxidation sites excluding steroid dienone is 14. The van der Waals surface area contributed by atoms with Gasteiger partial charge in [0.1, 0.15) is 0 Å². The average Bonchev–Trinajstić information content (AvgIpc) is 3.74. The molecule has 3 aliphatic carbocycles. The van der Waals surface area contributed by atoms with Gasteiger partial charge in [-0.05, 0) is 115 Å².